The van der Waals surface area contributed by atoms with Crippen molar-refractivity contribution in [2.45, 2.75) is 6.18 Å². The van der Waals surface area contributed by atoms with Gasteiger partial charge in [-0.05, 0) is 42.0 Å². The molecule has 0 aliphatic heterocycles. The molecule has 122 valence electrons. The van der Waals surface area contributed by atoms with Crippen LogP contribution in [0.2, 0.25) is 0 Å². The molecule has 0 saturated carbocycles. The van der Waals surface area contributed by atoms with Crippen molar-refractivity contribution in [2.24, 2.45) is 0 Å². The normalized spacial score (nSPS) is 11.7. The van der Waals surface area contributed by atoms with Crippen molar-refractivity contribution < 1.29 is 18.0 Å². The maximum absolute atomic E-state index is 12.7. The number of carbonyl (C=O) groups excluding carboxylic acids is 1. The summed E-state index contributed by atoms with van der Waals surface area (Å²) in [5, 5.41) is 11.6. The molecular formula is C17H10BrF3N2O. The molecule has 0 aromatic heterocycles. The standard InChI is InChI=1S/C17H10BrF3N2O/c18-14-5-2-6-15(9-14)23-16(24)12(10-22)7-11-3-1-4-13(8-11)17(19,20)21/h1-9H,(H,23,24)/b12-7+. The molecule has 1 N–H and O–H groups in total. The number of nitrogens with zero attached hydrogens (tertiary/aromatic N) is 1. The van der Waals surface area contributed by atoms with Crippen LogP contribution in [0.15, 0.2) is 58.6 Å². The van der Waals surface area contributed by atoms with Crippen LogP contribution in [-0.2, 0) is 11.0 Å². The SMILES string of the molecule is N#C/C(=C\c1cccc(C(F)(F)F)c1)C(=O)Nc1cccc(Br)c1. The molecule has 0 radical (unpaired) electrons. The molecular weight excluding hydrogens is 385 g/mol. The van der Waals surface area contributed by atoms with E-state index in [4.69, 9.17) is 5.26 Å². The van der Waals surface area contributed by atoms with Crippen LogP contribution in [0.4, 0.5) is 18.9 Å². The molecule has 0 aliphatic carbocycles. The summed E-state index contributed by atoms with van der Waals surface area (Å²) < 4.78 is 38.8. The minimum Gasteiger partial charge on any atom is -0.321 e. The molecule has 0 fully saturated rings. The summed E-state index contributed by atoms with van der Waals surface area (Å²) in [5.41, 5.74) is -0.569. The van der Waals surface area contributed by atoms with E-state index in [1.165, 1.54) is 12.1 Å². The van der Waals surface area contributed by atoms with Crippen molar-refractivity contribution in [3.05, 3.63) is 69.7 Å². The van der Waals surface area contributed by atoms with Gasteiger partial charge >= 0.3 is 6.18 Å². The lowest BCUT2D eigenvalue weighted by atomic mass is 10.1. The molecule has 3 nitrogen and oxygen atoms in total. The van der Waals surface area contributed by atoms with Crippen LogP contribution in [0.3, 0.4) is 0 Å². The summed E-state index contributed by atoms with van der Waals surface area (Å²) in [6.07, 6.45) is -3.38. The van der Waals surface area contributed by atoms with Crippen molar-refractivity contribution in [2.75, 3.05) is 5.32 Å². The molecule has 0 aliphatic rings. The third-order valence-corrected chi connectivity index (χ3v) is 3.47. The van der Waals surface area contributed by atoms with Gasteiger partial charge in [-0.2, -0.15) is 18.4 Å². The average molecular weight is 395 g/mol. The van der Waals surface area contributed by atoms with Crippen LogP contribution in [0.25, 0.3) is 6.08 Å². The smallest absolute Gasteiger partial charge is 0.321 e. The van der Waals surface area contributed by atoms with Gasteiger partial charge in [0.1, 0.15) is 11.6 Å². The molecule has 0 spiro atoms. The maximum atomic E-state index is 12.7. The number of anilines is 1. The minimum absolute atomic E-state index is 0.116. The number of nitrogens with one attached hydrogen (secondary N) is 1. The highest BCUT2D eigenvalue weighted by molar-refractivity contribution is 9.10. The molecule has 2 aromatic rings. The second kappa shape index (κ2) is 7.32. The highest BCUT2D eigenvalue weighted by atomic mass is 79.9. The van der Waals surface area contributed by atoms with E-state index in [9.17, 15) is 18.0 Å². The van der Waals surface area contributed by atoms with E-state index in [0.717, 1.165) is 22.7 Å². The molecule has 24 heavy (non-hydrogen) atoms. The third-order valence-electron chi connectivity index (χ3n) is 2.97. The van der Waals surface area contributed by atoms with Gasteiger partial charge in [-0.3, -0.25) is 4.79 Å². The van der Waals surface area contributed by atoms with Crippen LogP contribution in [-0.4, -0.2) is 5.91 Å². The Bertz CT molecular complexity index is 838. The van der Waals surface area contributed by atoms with Gasteiger partial charge in [0.05, 0.1) is 5.56 Å². The molecule has 0 saturated heterocycles. The predicted octanol–water partition coefficient (Wildman–Crippen LogP) is 5.01. The van der Waals surface area contributed by atoms with E-state index < -0.39 is 17.6 Å². The van der Waals surface area contributed by atoms with Gasteiger partial charge in [0.2, 0.25) is 0 Å². The number of halogens is 4. The Morgan fingerprint density at radius 1 is 1.17 bits per heavy atom. The number of amides is 1. The number of rotatable bonds is 3. The van der Waals surface area contributed by atoms with Crippen LogP contribution >= 0.6 is 15.9 Å². The Hall–Kier alpha value is -2.59. The van der Waals surface area contributed by atoms with Gasteiger partial charge in [-0.25, -0.2) is 0 Å². The fourth-order valence-electron chi connectivity index (χ4n) is 1.88. The number of alkyl halides is 3. The molecule has 0 bridgehead atoms. The first kappa shape index (κ1) is 17.8. The van der Waals surface area contributed by atoms with Crippen LogP contribution in [0, 0.1) is 11.3 Å². The van der Waals surface area contributed by atoms with Crippen LogP contribution in [0.1, 0.15) is 11.1 Å². The van der Waals surface area contributed by atoms with Gasteiger partial charge < -0.3 is 5.32 Å². The maximum Gasteiger partial charge on any atom is 0.416 e. The van der Waals surface area contributed by atoms with Gasteiger partial charge in [0.15, 0.2) is 0 Å². The second-order valence-electron chi connectivity index (χ2n) is 4.76. The van der Waals surface area contributed by atoms with Crippen molar-refractivity contribution in [1.82, 2.24) is 0 Å². The van der Waals surface area contributed by atoms with Gasteiger partial charge in [0.25, 0.3) is 5.91 Å². The molecule has 2 rings (SSSR count). The zero-order valence-corrected chi connectivity index (χ0v) is 13.6. The number of hydrogen-bond acceptors (Lipinski definition) is 2. The fourth-order valence-corrected chi connectivity index (χ4v) is 2.28. The largest absolute Gasteiger partial charge is 0.416 e. The van der Waals surface area contributed by atoms with Crippen molar-refractivity contribution >= 4 is 33.6 Å². The minimum atomic E-state index is -4.49. The average Bonchev–Trinajstić information content (AvgIpc) is 2.52. The third kappa shape index (κ3) is 4.70. The summed E-state index contributed by atoms with van der Waals surface area (Å²) >= 11 is 3.25. The lowest BCUT2D eigenvalue weighted by Gasteiger charge is -2.07. The number of nitriles is 1. The number of hydrogen-bond donors (Lipinski definition) is 1. The van der Waals surface area contributed by atoms with Crippen molar-refractivity contribution in [3.8, 4) is 6.07 Å². The van der Waals surface area contributed by atoms with Crippen LogP contribution in [0.5, 0.6) is 0 Å². The first-order valence-corrected chi connectivity index (χ1v) is 7.45. The highest BCUT2D eigenvalue weighted by Gasteiger charge is 2.30. The summed E-state index contributed by atoms with van der Waals surface area (Å²) in [4.78, 5) is 12.1. The number of carbonyl (C=O) groups is 1. The topological polar surface area (TPSA) is 52.9 Å². The van der Waals surface area contributed by atoms with Crippen LogP contribution < -0.4 is 5.32 Å². The lowest BCUT2D eigenvalue weighted by molar-refractivity contribution is -0.137. The molecule has 0 unspecified atom stereocenters. The van der Waals surface area contributed by atoms with Gasteiger partial charge in [0, 0.05) is 10.2 Å². The molecule has 0 atom stereocenters. The van der Waals surface area contributed by atoms with E-state index in [-0.39, 0.29) is 11.1 Å². The Balaban J connectivity index is 2.26. The molecule has 0 heterocycles. The summed E-state index contributed by atoms with van der Waals surface area (Å²) in [6, 6.07) is 12.8. The van der Waals surface area contributed by atoms with Gasteiger partial charge in [-0.15, -0.1) is 0 Å². The number of benzene rings is 2. The predicted molar refractivity (Wildman–Crippen MR) is 87.8 cm³/mol. The lowest BCUT2D eigenvalue weighted by Crippen LogP contribution is -2.13. The fraction of sp³-hybridized carbons (Fsp3) is 0.0588. The summed E-state index contributed by atoms with van der Waals surface area (Å²) in [6.45, 7) is 0. The Labute approximate surface area is 144 Å². The first-order chi connectivity index (χ1) is 11.3. The summed E-state index contributed by atoms with van der Waals surface area (Å²) in [7, 11) is 0. The van der Waals surface area contributed by atoms with Gasteiger partial charge in [-0.1, -0.05) is 34.1 Å². The Morgan fingerprint density at radius 2 is 1.88 bits per heavy atom. The molecule has 7 heteroatoms. The molecule has 1 amide bonds. The zero-order chi connectivity index (χ0) is 17.7. The first-order valence-electron chi connectivity index (χ1n) is 6.65. The highest BCUT2D eigenvalue weighted by Crippen LogP contribution is 2.30. The van der Waals surface area contributed by atoms with Crippen molar-refractivity contribution in [3.63, 3.8) is 0 Å². The zero-order valence-electron chi connectivity index (χ0n) is 12.1. The summed E-state index contributed by atoms with van der Waals surface area (Å²) in [5.74, 6) is -0.701. The Morgan fingerprint density at radius 3 is 2.50 bits per heavy atom. The Kier molecular flexibility index (Phi) is 5.42. The van der Waals surface area contributed by atoms with E-state index in [2.05, 4.69) is 21.2 Å². The quantitative estimate of drug-likeness (QED) is 0.587. The van der Waals surface area contributed by atoms with E-state index in [1.807, 2.05) is 0 Å². The van der Waals surface area contributed by atoms with E-state index in [1.54, 1.807) is 30.3 Å². The van der Waals surface area contributed by atoms with E-state index >= 15 is 0 Å². The van der Waals surface area contributed by atoms with Crippen molar-refractivity contribution in [1.29, 1.82) is 5.26 Å². The monoisotopic (exact) mass is 394 g/mol. The molecule has 2 aromatic carbocycles. The van der Waals surface area contributed by atoms with E-state index in [0.29, 0.717) is 5.69 Å². The second-order valence-corrected chi connectivity index (χ2v) is 5.67.